The number of halogens is 3. The van der Waals surface area contributed by atoms with Gasteiger partial charge in [0.2, 0.25) is 0 Å². The molecule has 3 nitrogen and oxygen atoms in total. The molecule has 0 aliphatic carbocycles. The molecule has 2 aromatic heterocycles. The summed E-state index contributed by atoms with van der Waals surface area (Å²) in [6, 6.07) is 8.25. The quantitative estimate of drug-likeness (QED) is 0.662. The maximum absolute atomic E-state index is 13.3. The Kier molecular flexibility index (Phi) is 3.36. The standard InChI is InChI=1S/C14H10Cl2FN3/c1-8-2-5-12-14(18-8)20(13(7-15)19-12)9-3-4-11(17)10(16)6-9/h2-6H,7H2,1H3. The van der Waals surface area contributed by atoms with Crippen LogP contribution in [0.25, 0.3) is 16.9 Å². The summed E-state index contributed by atoms with van der Waals surface area (Å²) < 4.78 is 15.1. The van der Waals surface area contributed by atoms with Gasteiger partial charge >= 0.3 is 0 Å². The first-order valence-electron chi connectivity index (χ1n) is 5.96. The molecular formula is C14H10Cl2FN3. The number of aromatic nitrogens is 3. The van der Waals surface area contributed by atoms with Gasteiger partial charge in [0, 0.05) is 5.69 Å². The van der Waals surface area contributed by atoms with Crippen LogP contribution in [0.1, 0.15) is 11.5 Å². The van der Waals surface area contributed by atoms with Crippen LogP contribution in [0.3, 0.4) is 0 Å². The molecule has 0 unspecified atom stereocenters. The topological polar surface area (TPSA) is 30.7 Å². The number of alkyl halides is 1. The smallest absolute Gasteiger partial charge is 0.164 e. The second-order valence-electron chi connectivity index (χ2n) is 4.39. The van der Waals surface area contributed by atoms with E-state index in [9.17, 15) is 4.39 Å². The summed E-state index contributed by atoms with van der Waals surface area (Å²) in [5, 5.41) is 0.0533. The minimum absolute atomic E-state index is 0.0533. The number of fused-ring (bicyclic) bond motifs is 1. The van der Waals surface area contributed by atoms with Crippen molar-refractivity contribution >= 4 is 34.4 Å². The Bertz CT molecular complexity index is 798. The van der Waals surface area contributed by atoms with Gasteiger partial charge in [-0.1, -0.05) is 11.6 Å². The number of hydrogen-bond acceptors (Lipinski definition) is 2. The van der Waals surface area contributed by atoms with Gasteiger partial charge in [-0.2, -0.15) is 0 Å². The Morgan fingerprint density at radius 3 is 2.70 bits per heavy atom. The first-order valence-corrected chi connectivity index (χ1v) is 6.88. The van der Waals surface area contributed by atoms with E-state index in [0.29, 0.717) is 17.2 Å². The lowest BCUT2D eigenvalue weighted by Crippen LogP contribution is -2.01. The molecule has 0 spiro atoms. The number of rotatable bonds is 2. The van der Waals surface area contributed by atoms with Crippen LogP contribution < -0.4 is 0 Å². The summed E-state index contributed by atoms with van der Waals surface area (Å²) in [5.74, 6) is 0.406. The van der Waals surface area contributed by atoms with Crippen molar-refractivity contribution in [2.45, 2.75) is 12.8 Å². The van der Waals surface area contributed by atoms with Crippen molar-refractivity contribution in [1.82, 2.24) is 14.5 Å². The fourth-order valence-corrected chi connectivity index (χ4v) is 2.44. The fourth-order valence-electron chi connectivity index (χ4n) is 2.08. The summed E-state index contributed by atoms with van der Waals surface area (Å²) in [6.45, 7) is 1.90. The molecule has 0 N–H and O–H groups in total. The summed E-state index contributed by atoms with van der Waals surface area (Å²) in [4.78, 5) is 8.91. The molecule has 0 amide bonds. The molecule has 0 aliphatic rings. The van der Waals surface area contributed by atoms with Crippen molar-refractivity contribution < 1.29 is 4.39 Å². The average Bonchev–Trinajstić information content (AvgIpc) is 2.79. The van der Waals surface area contributed by atoms with Gasteiger partial charge in [0.25, 0.3) is 0 Å². The van der Waals surface area contributed by atoms with Gasteiger partial charge in [-0.3, -0.25) is 4.57 Å². The number of nitrogens with zero attached hydrogens (tertiary/aromatic N) is 3. The van der Waals surface area contributed by atoms with Crippen molar-refractivity contribution in [3.63, 3.8) is 0 Å². The van der Waals surface area contributed by atoms with E-state index < -0.39 is 5.82 Å². The molecule has 2 heterocycles. The monoisotopic (exact) mass is 309 g/mol. The van der Waals surface area contributed by atoms with Crippen LogP contribution in [-0.4, -0.2) is 14.5 Å². The van der Waals surface area contributed by atoms with E-state index in [1.165, 1.54) is 12.1 Å². The Morgan fingerprint density at radius 1 is 1.20 bits per heavy atom. The number of pyridine rings is 1. The maximum atomic E-state index is 13.3. The third-order valence-electron chi connectivity index (χ3n) is 2.99. The van der Waals surface area contributed by atoms with Crippen molar-refractivity contribution in [3.05, 3.63) is 52.7 Å². The number of benzene rings is 1. The van der Waals surface area contributed by atoms with E-state index in [0.717, 1.165) is 11.2 Å². The third-order valence-corrected chi connectivity index (χ3v) is 3.52. The van der Waals surface area contributed by atoms with Gasteiger partial charge in [-0.15, -0.1) is 11.6 Å². The molecule has 20 heavy (non-hydrogen) atoms. The second-order valence-corrected chi connectivity index (χ2v) is 5.07. The predicted molar refractivity (Wildman–Crippen MR) is 78.1 cm³/mol. The van der Waals surface area contributed by atoms with Crippen LogP contribution in [0, 0.1) is 12.7 Å². The summed E-state index contributed by atoms with van der Waals surface area (Å²) in [5.41, 5.74) is 2.98. The van der Waals surface area contributed by atoms with E-state index >= 15 is 0 Å². The van der Waals surface area contributed by atoms with E-state index in [1.54, 1.807) is 10.6 Å². The first kappa shape index (κ1) is 13.3. The second kappa shape index (κ2) is 5.04. The molecule has 1 aromatic carbocycles. The predicted octanol–water partition coefficient (Wildman–Crippen LogP) is 4.26. The molecule has 102 valence electrons. The highest BCUT2D eigenvalue weighted by molar-refractivity contribution is 6.30. The summed E-state index contributed by atoms with van der Waals surface area (Å²) in [7, 11) is 0. The van der Waals surface area contributed by atoms with Gasteiger partial charge < -0.3 is 0 Å². The van der Waals surface area contributed by atoms with Gasteiger partial charge in [0.15, 0.2) is 5.65 Å². The first-order chi connectivity index (χ1) is 9.60. The average molecular weight is 310 g/mol. The third kappa shape index (κ3) is 2.15. The Morgan fingerprint density at radius 2 is 2.00 bits per heavy atom. The van der Waals surface area contributed by atoms with Gasteiger partial charge in [-0.25, -0.2) is 14.4 Å². The zero-order valence-electron chi connectivity index (χ0n) is 10.6. The maximum Gasteiger partial charge on any atom is 0.164 e. The van der Waals surface area contributed by atoms with Gasteiger partial charge in [0.1, 0.15) is 17.2 Å². The molecule has 0 radical (unpaired) electrons. The molecule has 0 saturated carbocycles. The van der Waals surface area contributed by atoms with Crippen LogP contribution in [0.5, 0.6) is 0 Å². The van der Waals surface area contributed by atoms with Crippen molar-refractivity contribution in [1.29, 1.82) is 0 Å². The molecule has 0 aliphatic heterocycles. The summed E-state index contributed by atoms with van der Waals surface area (Å²) >= 11 is 11.8. The van der Waals surface area contributed by atoms with Crippen molar-refractivity contribution in [3.8, 4) is 5.69 Å². The van der Waals surface area contributed by atoms with Gasteiger partial charge in [0.05, 0.1) is 16.6 Å². The van der Waals surface area contributed by atoms with Crippen molar-refractivity contribution in [2.24, 2.45) is 0 Å². The lowest BCUT2D eigenvalue weighted by atomic mass is 10.3. The Labute approximate surface area is 125 Å². The normalized spacial score (nSPS) is 11.2. The minimum atomic E-state index is -0.462. The number of imidazole rings is 1. The van der Waals surface area contributed by atoms with Crippen LogP contribution in [0.2, 0.25) is 5.02 Å². The van der Waals surface area contributed by atoms with Crippen LogP contribution in [-0.2, 0) is 5.88 Å². The van der Waals surface area contributed by atoms with E-state index in [-0.39, 0.29) is 10.9 Å². The highest BCUT2D eigenvalue weighted by Gasteiger charge is 2.14. The summed E-state index contributed by atoms with van der Waals surface area (Å²) in [6.07, 6.45) is 0. The van der Waals surface area contributed by atoms with E-state index in [2.05, 4.69) is 9.97 Å². The zero-order valence-corrected chi connectivity index (χ0v) is 12.1. The highest BCUT2D eigenvalue weighted by atomic mass is 35.5. The molecule has 3 rings (SSSR count). The molecule has 6 heteroatoms. The Balaban J connectivity index is 2.32. The molecule has 0 atom stereocenters. The number of hydrogen-bond donors (Lipinski definition) is 0. The van der Waals surface area contributed by atoms with Crippen LogP contribution in [0.4, 0.5) is 4.39 Å². The fraction of sp³-hybridized carbons (Fsp3) is 0.143. The molecule has 0 fully saturated rings. The minimum Gasteiger partial charge on any atom is -0.280 e. The largest absolute Gasteiger partial charge is 0.280 e. The SMILES string of the molecule is Cc1ccc2nc(CCl)n(-c3ccc(F)c(Cl)c3)c2n1. The van der Waals surface area contributed by atoms with Gasteiger partial charge in [-0.05, 0) is 37.3 Å². The highest BCUT2D eigenvalue weighted by Crippen LogP contribution is 2.25. The van der Waals surface area contributed by atoms with E-state index in [4.69, 9.17) is 23.2 Å². The molecule has 0 saturated heterocycles. The Hall–Kier alpha value is -1.65. The molecule has 0 bridgehead atoms. The lowest BCUT2D eigenvalue weighted by Gasteiger charge is -2.08. The molecular weight excluding hydrogens is 300 g/mol. The van der Waals surface area contributed by atoms with Crippen LogP contribution >= 0.6 is 23.2 Å². The molecule has 3 aromatic rings. The zero-order chi connectivity index (χ0) is 14.3. The lowest BCUT2D eigenvalue weighted by molar-refractivity contribution is 0.628. The van der Waals surface area contributed by atoms with E-state index in [1.807, 2.05) is 19.1 Å². The van der Waals surface area contributed by atoms with Crippen LogP contribution in [0.15, 0.2) is 30.3 Å². The van der Waals surface area contributed by atoms with Crippen molar-refractivity contribution in [2.75, 3.05) is 0 Å². The number of aryl methyl sites for hydroxylation is 1.